The fourth-order valence-electron chi connectivity index (χ4n) is 1.37. The van der Waals surface area contributed by atoms with E-state index in [4.69, 9.17) is 16.3 Å². The molecule has 0 aliphatic heterocycles. The Morgan fingerprint density at radius 3 is 1.89 bits per heavy atom. The minimum atomic E-state index is 0.534. The van der Waals surface area contributed by atoms with Crippen molar-refractivity contribution < 1.29 is 0 Å². The molecule has 0 atom stereocenters. The molecule has 0 aliphatic rings. The van der Waals surface area contributed by atoms with Crippen LogP contribution < -0.4 is 5.73 Å². The maximum atomic E-state index is 8.48. The number of rotatable bonds is 3. The molecule has 2 rings (SSSR count). The first kappa shape index (κ1) is 15.4. The van der Waals surface area contributed by atoms with Crippen molar-refractivity contribution in [3.63, 3.8) is 0 Å². The second-order valence-corrected chi connectivity index (χ2v) is 6.05. The van der Waals surface area contributed by atoms with E-state index in [-0.39, 0.29) is 0 Å². The van der Waals surface area contributed by atoms with Crippen LogP contribution >= 0.6 is 22.7 Å². The lowest BCUT2D eigenvalue weighted by atomic mass is 10.3. The number of nitrogens with zero attached hydrogens (tertiary/aromatic N) is 2. The zero-order valence-electron chi connectivity index (χ0n) is 10.7. The van der Waals surface area contributed by atoms with Crippen molar-refractivity contribution in [2.45, 2.75) is 26.3 Å². The van der Waals surface area contributed by atoms with Crippen LogP contribution in [0.3, 0.4) is 0 Å². The summed E-state index contributed by atoms with van der Waals surface area (Å²) >= 11 is 3.04. The van der Waals surface area contributed by atoms with Gasteiger partial charge in [0, 0.05) is 16.3 Å². The lowest BCUT2D eigenvalue weighted by molar-refractivity contribution is 0.940. The molecule has 3 nitrogen and oxygen atoms in total. The molecule has 2 N–H and O–H groups in total. The van der Waals surface area contributed by atoms with Crippen LogP contribution in [-0.2, 0) is 13.0 Å². The summed E-state index contributed by atoms with van der Waals surface area (Å²) in [6.45, 7) is 2.68. The minimum Gasteiger partial charge on any atom is -0.326 e. The molecule has 0 amide bonds. The average molecular weight is 289 g/mol. The Hall–Kier alpha value is -1.66. The fraction of sp³-hybridized carbons (Fsp3) is 0.286. The van der Waals surface area contributed by atoms with Gasteiger partial charge in [-0.05, 0) is 30.7 Å². The summed E-state index contributed by atoms with van der Waals surface area (Å²) < 4.78 is 0. The highest BCUT2D eigenvalue weighted by Gasteiger charge is 1.96. The molecule has 0 aliphatic carbocycles. The van der Waals surface area contributed by atoms with Gasteiger partial charge >= 0.3 is 0 Å². The van der Waals surface area contributed by atoms with Gasteiger partial charge in [-0.3, -0.25) is 0 Å². The predicted molar refractivity (Wildman–Crippen MR) is 80.0 cm³/mol. The fourth-order valence-corrected chi connectivity index (χ4v) is 2.96. The zero-order chi connectivity index (χ0) is 14.1. The van der Waals surface area contributed by atoms with E-state index in [2.05, 4.69) is 13.0 Å². The summed E-state index contributed by atoms with van der Waals surface area (Å²) in [4.78, 5) is 3.93. The molecule has 98 valence electrons. The number of hydrogen-bond acceptors (Lipinski definition) is 5. The van der Waals surface area contributed by atoms with Gasteiger partial charge in [-0.25, -0.2) is 0 Å². The van der Waals surface area contributed by atoms with Crippen molar-refractivity contribution in [2.24, 2.45) is 5.73 Å². The van der Waals surface area contributed by atoms with E-state index >= 15 is 0 Å². The summed E-state index contributed by atoms with van der Waals surface area (Å²) in [6.07, 6.45) is 2.26. The highest BCUT2D eigenvalue weighted by molar-refractivity contribution is 7.12. The van der Waals surface area contributed by atoms with E-state index < -0.39 is 0 Å². The van der Waals surface area contributed by atoms with Crippen LogP contribution in [-0.4, -0.2) is 0 Å². The van der Waals surface area contributed by atoms with Crippen molar-refractivity contribution >= 4 is 22.7 Å². The van der Waals surface area contributed by atoms with Crippen molar-refractivity contribution in [3.05, 3.63) is 43.8 Å². The molecule has 19 heavy (non-hydrogen) atoms. The third-order valence-corrected chi connectivity index (χ3v) is 4.30. The number of aryl methyl sites for hydroxylation is 1. The molecule has 0 bridgehead atoms. The number of thiophene rings is 2. The molecule has 5 heteroatoms. The molecular formula is C14H15N3S2. The van der Waals surface area contributed by atoms with E-state index in [0.717, 1.165) is 27.5 Å². The van der Waals surface area contributed by atoms with Crippen LogP contribution in [0.25, 0.3) is 0 Å². The summed E-state index contributed by atoms with van der Waals surface area (Å²) in [5, 5.41) is 16.8. The predicted octanol–water partition coefficient (Wildman–Crippen LogP) is 3.65. The third-order valence-electron chi connectivity index (χ3n) is 2.24. The molecule has 0 radical (unpaired) electrons. The maximum Gasteiger partial charge on any atom is 0.110 e. The standard InChI is InChI=1S/C8H9NS.C6H6N2S/c1-2-3-7-4-5-8(6-9)10-7;7-3-5-1-2-6(4-8)9-5/h4-5H,2-3H2,1H3;1-2H,3,7H2. The Morgan fingerprint density at radius 2 is 1.53 bits per heavy atom. The SMILES string of the molecule is CCCc1ccc(C#N)s1.N#Cc1ccc(CN)s1. The van der Waals surface area contributed by atoms with Crippen LogP contribution in [0.2, 0.25) is 0 Å². The largest absolute Gasteiger partial charge is 0.326 e. The van der Waals surface area contributed by atoms with Gasteiger partial charge in [-0.15, -0.1) is 22.7 Å². The molecular weight excluding hydrogens is 274 g/mol. The van der Waals surface area contributed by atoms with Crippen molar-refractivity contribution in [2.75, 3.05) is 0 Å². The van der Waals surface area contributed by atoms with Gasteiger partial charge in [-0.1, -0.05) is 13.3 Å². The molecule has 0 saturated heterocycles. The molecule has 0 unspecified atom stereocenters. The number of nitriles is 2. The first-order chi connectivity index (χ1) is 9.23. The van der Waals surface area contributed by atoms with E-state index in [0.29, 0.717) is 6.54 Å². The summed E-state index contributed by atoms with van der Waals surface area (Å²) in [6, 6.07) is 11.8. The average Bonchev–Trinajstić information content (AvgIpc) is 3.08. The van der Waals surface area contributed by atoms with E-state index in [9.17, 15) is 0 Å². The summed E-state index contributed by atoms with van der Waals surface area (Å²) in [5.41, 5.74) is 5.32. The van der Waals surface area contributed by atoms with Crippen LogP contribution in [0.15, 0.2) is 24.3 Å². The summed E-state index contributed by atoms with van der Waals surface area (Å²) in [7, 11) is 0. The van der Waals surface area contributed by atoms with Gasteiger partial charge in [-0.2, -0.15) is 10.5 Å². The smallest absolute Gasteiger partial charge is 0.110 e. The van der Waals surface area contributed by atoms with Gasteiger partial charge in [0.05, 0.1) is 0 Å². The molecule has 0 saturated carbocycles. The van der Waals surface area contributed by atoms with Crippen LogP contribution in [0.4, 0.5) is 0 Å². The number of hydrogen-bond donors (Lipinski definition) is 1. The first-order valence-corrected chi connectivity index (χ1v) is 7.54. The zero-order valence-corrected chi connectivity index (χ0v) is 12.4. The van der Waals surface area contributed by atoms with Gasteiger partial charge in [0.1, 0.15) is 21.9 Å². The van der Waals surface area contributed by atoms with Gasteiger partial charge in [0.25, 0.3) is 0 Å². The Balaban J connectivity index is 0.000000191. The minimum absolute atomic E-state index is 0.534. The monoisotopic (exact) mass is 289 g/mol. The van der Waals surface area contributed by atoms with E-state index in [1.54, 1.807) is 17.4 Å². The van der Waals surface area contributed by atoms with Crippen LogP contribution in [0.5, 0.6) is 0 Å². The number of nitrogens with two attached hydrogens (primary N) is 1. The lowest BCUT2D eigenvalue weighted by Gasteiger charge is -1.86. The second-order valence-electron chi connectivity index (χ2n) is 3.71. The first-order valence-electron chi connectivity index (χ1n) is 5.91. The van der Waals surface area contributed by atoms with E-state index in [1.165, 1.54) is 16.2 Å². The van der Waals surface area contributed by atoms with Crippen LogP contribution in [0, 0.1) is 22.7 Å². The van der Waals surface area contributed by atoms with Crippen molar-refractivity contribution in [1.29, 1.82) is 10.5 Å². The quantitative estimate of drug-likeness (QED) is 0.937. The third kappa shape index (κ3) is 5.23. The highest BCUT2D eigenvalue weighted by atomic mass is 32.1. The summed E-state index contributed by atoms with van der Waals surface area (Å²) in [5.74, 6) is 0. The van der Waals surface area contributed by atoms with Gasteiger partial charge in [0.2, 0.25) is 0 Å². The Bertz CT molecular complexity index is 584. The molecule has 0 fully saturated rings. The maximum absolute atomic E-state index is 8.48. The van der Waals surface area contributed by atoms with Crippen LogP contribution in [0.1, 0.15) is 32.9 Å². The Labute approximate surface area is 121 Å². The van der Waals surface area contributed by atoms with Crippen molar-refractivity contribution in [3.8, 4) is 12.1 Å². The topological polar surface area (TPSA) is 73.6 Å². The van der Waals surface area contributed by atoms with E-state index in [1.807, 2.05) is 24.3 Å². The molecule has 0 aromatic carbocycles. The second kappa shape index (κ2) is 8.44. The molecule has 2 aromatic rings. The normalized spacial score (nSPS) is 9.05. The highest BCUT2D eigenvalue weighted by Crippen LogP contribution is 2.16. The Kier molecular flexibility index (Phi) is 6.84. The van der Waals surface area contributed by atoms with Crippen molar-refractivity contribution in [1.82, 2.24) is 0 Å². The van der Waals surface area contributed by atoms with Gasteiger partial charge in [0.15, 0.2) is 0 Å². The van der Waals surface area contributed by atoms with Gasteiger partial charge < -0.3 is 5.73 Å². The molecule has 2 aromatic heterocycles. The molecule has 2 heterocycles. The lowest BCUT2D eigenvalue weighted by Crippen LogP contribution is -1.90. The molecule has 0 spiro atoms. The Morgan fingerprint density at radius 1 is 1.00 bits per heavy atom.